The molecule has 0 aliphatic rings. The largest absolute Gasteiger partial charge is 0.417 e. The molecule has 6 heteroatoms. The molecule has 2 aromatic heterocycles. The fourth-order valence-corrected chi connectivity index (χ4v) is 2.58. The maximum atomic E-state index is 9.09. The van der Waals surface area contributed by atoms with Crippen molar-refractivity contribution in [2.24, 2.45) is 0 Å². The van der Waals surface area contributed by atoms with E-state index in [1.165, 1.54) is 0 Å². The average Bonchev–Trinajstić information content (AvgIpc) is 3.21. The highest BCUT2D eigenvalue weighted by Crippen LogP contribution is 2.27. The molecular weight excluding hydrogens is 292 g/mol. The Morgan fingerprint density at radius 3 is 2.52 bits per heavy atom. The molecule has 23 heavy (non-hydrogen) atoms. The molecule has 0 saturated carbocycles. The Bertz CT molecular complexity index is 944. The Morgan fingerprint density at radius 1 is 0.957 bits per heavy atom. The Hall–Kier alpha value is -2.99. The van der Waals surface area contributed by atoms with Crippen molar-refractivity contribution in [3.63, 3.8) is 0 Å². The topological polar surface area (TPSA) is 77.0 Å². The molecule has 0 spiro atoms. The van der Waals surface area contributed by atoms with Crippen LogP contribution in [0.5, 0.6) is 0 Å². The van der Waals surface area contributed by atoms with E-state index in [0.717, 1.165) is 16.5 Å². The minimum atomic E-state index is -0.282. The molecule has 2 heterocycles. The van der Waals surface area contributed by atoms with Crippen LogP contribution in [0.3, 0.4) is 0 Å². The SMILES string of the molecule is OCc1nnc(-c2nn(Cc3ccccc3)c3ccccc23)o1. The number of para-hydroxylation sites is 1. The lowest BCUT2D eigenvalue weighted by Gasteiger charge is -2.03. The molecule has 114 valence electrons. The van der Waals surface area contributed by atoms with Gasteiger partial charge in [-0.3, -0.25) is 4.68 Å². The van der Waals surface area contributed by atoms with E-state index in [1.807, 2.05) is 47.1 Å². The first-order chi connectivity index (χ1) is 11.3. The van der Waals surface area contributed by atoms with E-state index in [-0.39, 0.29) is 12.5 Å². The molecular formula is C17H14N4O2. The quantitative estimate of drug-likeness (QED) is 0.627. The van der Waals surface area contributed by atoms with Gasteiger partial charge in [0.1, 0.15) is 6.61 Å². The summed E-state index contributed by atoms with van der Waals surface area (Å²) in [7, 11) is 0. The van der Waals surface area contributed by atoms with Crippen molar-refractivity contribution >= 4 is 10.9 Å². The monoisotopic (exact) mass is 306 g/mol. The third-order valence-electron chi connectivity index (χ3n) is 3.64. The molecule has 0 radical (unpaired) electrons. The van der Waals surface area contributed by atoms with Crippen LogP contribution in [0.1, 0.15) is 11.5 Å². The van der Waals surface area contributed by atoms with E-state index in [9.17, 15) is 0 Å². The number of nitrogens with zero attached hydrogens (tertiary/aromatic N) is 4. The van der Waals surface area contributed by atoms with Crippen LogP contribution in [-0.2, 0) is 13.2 Å². The number of rotatable bonds is 4. The van der Waals surface area contributed by atoms with Gasteiger partial charge < -0.3 is 9.52 Å². The van der Waals surface area contributed by atoms with Gasteiger partial charge >= 0.3 is 0 Å². The summed E-state index contributed by atoms with van der Waals surface area (Å²) in [4.78, 5) is 0. The molecule has 0 fully saturated rings. The molecule has 6 nitrogen and oxygen atoms in total. The standard InChI is InChI=1S/C17H14N4O2/c22-11-15-18-19-17(23-15)16-13-8-4-5-9-14(13)21(20-16)10-12-6-2-1-3-7-12/h1-9,22H,10-11H2. The number of benzene rings is 2. The van der Waals surface area contributed by atoms with Crippen LogP contribution in [0.4, 0.5) is 0 Å². The third kappa shape index (κ3) is 2.49. The van der Waals surface area contributed by atoms with E-state index in [0.29, 0.717) is 18.1 Å². The molecule has 4 rings (SSSR count). The van der Waals surface area contributed by atoms with Crippen LogP contribution < -0.4 is 0 Å². The minimum absolute atomic E-state index is 0.182. The highest BCUT2D eigenvalue weighted by Gasteiger charge is 2.17. The number of aromatic nitrogens is 4. The lowest BCUT2D eigenvalue weighted by atomic mass is 10.2. The van der Waals surface area contributed by atoms with E-state index in [4.69, 9.17) is 9.52 Å². The molecule has 0 saturated heterocycles. The summed E-state index contributed by atoms with van der Waals surface area (Å²) in [5, 5.41) is 22.4. The molecule has 2 aromatic carbocycles. The van der Waals surface area contributed by atoms with Crippen molar-refractivity contribution in [3.8, 4) is 11.6 Å². The fourth-order valence-electron chi connectivity index (χ4n) is 2.58. The second-order valence-electron chi connectivity index (χ2n) is 5.17. The van der Waals surface area contributed by atoms with Gasteiger partial charge in [0.2, 0.25) is 5.89 Å². The molecule has 0 atom stereocenters. The summed E-state index contributed by atoms with van der Waals surface area (Å²) in [5.74, 6) is 0.499. The second kappa shape index (κ2) is 5.66. The summed E-state index contributed by atoms with van der Waals surface area (Å²) in [5.41, 5.74) is 2.78. The van der Waals surface area contributed by atoms with Gasteiger partial charge in [-0.15, -0.1) is 10.2 Å². The Kier molecular flexibility index (Phi) is 3.36. The van der Waals surface area contributed by atoms with Crippen molar-refractivity contribution in [2.75, 3.05) is 0 Å². The molecule has 0 bridgehead atoms. The first-order valence-corrected chi connectivity index (χ1v) is 7.28. The second-order valence-corrected chi connectivity index (χ2v) is 5.17. The van der Waals surface area contributed by atoms with Crippen molar-refractivity contribution < 1.29 is 9.52 Å². The summed E-state index contributed by atoms with van der Waals surface area (Å²) in [6.07, 6.45) is 0. The predicted molar refractivity (Wildman–Crippen MR) is 84.5 cm³/mol. The normalized spacial score (nSPS) is 11.2. The number of hydrogen-bond acceptors (Lipinski definition) is 5. The average molecular weight is 306 g/mol. The highest BCUT2D eigenvalue weighted by atomic mass is 16.4. The molecule has 1 N–H and O–H groups in total. The maximum Gasteiger partial charge on any atom is 0.268 e. The smallest absolute Gasteiger partial charge is 0.268 e. The van der Waals surface area contributed by atoms with Gasteiger partial charge in [-0.05, 0) is 11.6 Å². The summed E-state index contributed by atoms with van der Waals surface area (Å²) in [6, 6.07) is 18.0. The van der Waals surface area contributed by atoms with Crippen molar-refractivity contribution in [1.29, 1.82) is 0 Å². The molecule has 4 aromatic rings. The number of aliphatic hydroxyl groups is 1. The Morgan fingerprint density at radius 2 is 1.74 bits per heavy atom. The van der Waals surface area contributed by atoms with E-state index in [2.05, 4.69) is 27.4 Å². The van der Waals surface area contributed by atoms with Crippen LogP contribution in [0.25, 0.3) is 22.5 Å². The summed E-state index contributed by atoms with van der Waals surface area (Å²) >= 11 is 0. The van der Waals surface area contributed by atoms with Crippen molar-refractivity contribution in [1.82, 2.24) is 20.0 Å². The van der Waals surface area contributed by atoms with E-state index < -0.39 is 0 Å². The van der Waals surface area contributed by atoms with Gasteiger partial charge in [0, 0.05) is 5.39 Å². The zero-order valence-corrected chi connectivity index (χ0v) is 12.3. The zero-order chi connectivity index (χ0) is 15.6. The fraction of sp³-hybridized carbons (Fsp3) is 0.118. The highest BCUT2D eigenvalue weighted by molar-refractivity contribution is 5.91. The molecule has 0 amide bonds. The third-order valence-corrected chi connectivity index (χ3v) is 3.64. The number of hydrogen-bond donors (Lipinski definition) is 1. The number of fused-ring (bicyclic) bond motifs is 1. The number of aliphatic hydroxyl groups excluding tert-OH is 1. The van der Waals surface area contributed by atoms with Crippen molar-refractivity contribution in [2.45, 2.75) is 13.2 Å². The van der Waals surface area contributed by atoms with Gasteiger partial charge in [0.05, 0.1) is 12.1 Å². The minimum Gasteiger partial charge on any atom is -0.417 e. The van der Waals surface area contributed by atoms with Gasteiger partial charge in [-0.2, -0.15) is 5.10 Å². The zero-order valence-electron chi connectivity index (χ0n) is 12.3. The molecule has 0 aliphatic heterocycles. The first-order valence-electron chi connectivity index (χ1n) is 7.28. The van der Waals surface area contributed by atoms with E-state index >= 15 is 0 Å². The Labute approximate surface area is 132 Å². The Balaban J connectivity index is 1.83. The predicted octanol–water partition coefficient (Wildman–Crippen LogP) is 2.63. The van der Waals surface area contributed by atoms with Crippen molar-refractivity contribution in [3.05, 3.63) is 66.1 Å². The molecule has 0 aliphatic carbocycles. The summed E-state index contributed by atoms with van der Waals surface area (Å²) < 4.78 is 7.36. The van der Waals surface area contributed by atoms with Crippen LogP contribution in [0, 0.1) is 0 Å². The molecule has 0 unspecified atom stereocenters. The summed E-state index contributed by atoms with van der Waals surface area (Å²) in [6.45, 7) is 0.373. The van der Waals surface area contributed by atoms with Gasteiger partial charge in [0.25, 0.3) is 5.89 Å². The lowest BCUT2D eigenvalue weighted by Crippen LogP contribution is -2.01. The van der Waals surface area contributed by atoms with Gasteiger partial charge in [0.15, 0.2) is 5.69 Å². The van der Waals surface area contributed by atoms with Gasteiger partial charge in [-0.1, -0.05) is 48.5 Å². The maximum absolute atomic E-state index is 9.09. The van der Waals surface area contributed by atoms with Crippen LogP contribution >= 0.6 is 0 Å². The van der Waals surface area contributed by atoms with Gasteiger partial charge in [-0.25, -0.2) is 0 Å². The van der Waals surface area contributed by atoms with Crippen LogP contribution in [0.2, 0.25) is 0 Å². The van der Waals surface area contributed by atoms with Crippen LogP contribution in [-0.4, -0.2) is 25.1 Å². The van der Waals surface area contributed by atoms with Crippen LogP contribution in [0.15, 0.2) is 59.0 Å². The first kappa shape index (κ1) is 13.7. The van der Waals surface area contributed by atoms with E-state index in [1.54, 1.807) is 0 Å². The lowest BCUT2D eigenvalue weighted by molar-refractivity contribution is 0.241.